The lowest BCUT2D eigenvalue weighted by atomic mass is 10.2. The van der Waals surface area contributed by atoms with Crippen molar-refractivity contribution in [2.45, 2.75) is 12.8 Å². The van der Waals surface area contributed by atoms with Gasteiger partial charge in [0.2, 0.25) is 5.76 Å². The molecule has 0 unspecified atom stereocenters. The molecule has 0 bridgehead atoms. The first kappa shape index (κ1) is 12.0. The van der Waals surface area contributed by atoms with Crippen LogP contribution in [0.25, 0.3) is 11.0 Å². The Morgan fingerprint density at radius 3 is 3.00 bits per heavy atom. The van der Waals surface area contributed by atoms with Crippen LogP contribution in [0.5, 0.6) is 0 Å². The number of carbonyl (C=O) groups excluding carboxylic acids is 1. The lowest BCUT2D eigenvalue weighted by molar-refractivity contribution is -0.0362. The maximum absolute atomic E-state index is 11.7. The number of fused-ring (bicyclic) bond motifs is 1. The lowest BCUT2D eigenvalue weighted by Gasteiger charge is -2.03. The summed E-state index contributed by atoms with van der Waals surface area (Å²) in [4.78, 5) is 11.7. The standard InChI is InChI=1S/C14H15NO4/c15-11-3-4-12-10(5-11)6-13(19-12)14(16)18-8-17-7-9-1-2-9/h3-6,9H,1-2,7-8,15H2. The van der Waals surface area contributed by atoms with Crippen molar-refractivity contribution >= 4 is 22.6 Å². The minimum Gasteiger partial charge on any atom is -0.449 e. The molecule has 0 radical (unpaired) electrons. The number of esters is 1. The van der Waals surface area contributed by atoms with E-state index in [0.717, 1.165) is 5.39 Å². The van der Waals surface area contributed by atoms with Crippen LogP contribution in [-0.4, -0.2) is 19.4 Å². The number of carbonyl (C=O) groups is 1. The normalized spacial score (nSPS) is 14.7. The zero-order chi connectivity index (χ0) is 13.2. The second-order valence-corrected chi connectivity index (χ2v) is 4.77. The zero-order valence-corrected chi connectivity index (χ0v) is 10.4. The second kappa shape index (κ2) is 4.93. The predicted octanol–water partition coefficient (Wildman–Crippen LogP) is 2.56. The summed E-state index contributed by atoms with van der Waals surface area (Å²) in [5, 5.41) is 0.783. The highest BCUT2D eigenvalue weighted by atomic mass is 16.7. The first-order chi connectivity index (χ1) is 9.22. The average molecular weight is 261 g/mol. The molecule has 5 heteroatoms. The Labute approximate surface area is 110 Å². The van der Waals surface area contributed by atoms with E-state index in [4.69, 9.17) is 19.6 Å². The zero-order valence-electron chi connectivity index (χ0n) is 10.4. The van der Waals surface area contributed by atoms with Gasteiger partial charge in [0.15, 0.2) is 6.79 Å². The number of benzene rings is 1. The third kappa shape index (κ3) is 2.88. The van der Waals surface area contributed by atoms with Gasteiger partial charge in [-0.05, 0) is 43.0 Å². The van der Waals surface area contributed by atoms with Gasteiger partial charge in [0.1, 0.15) is 5.58 Å². The summed E-state index contributed by atoms with van der Waals surface area (Å²) in [6.07, 6.45) is 2.41. The molecular formula is C14H15NO4. The molecule has 1 heterocycles. The number of nitrogen functional groups attached to an aromatic ring is 1. The van der Waals surface area contributed by atoms with Crippen LogP contribution in [0.4, 0.5) is 5.69 Å². The van der Waals surface area contributed by atoms with Crippen LogP contribution in [0.2, 0.25) is 0 Å². The number of ether oxygens (including phenoxy) is 2. The van der Waals surface area contributed by atoms with E-state index in [0.29, 0.717) is 23.8 Å². The summed E-state index contributed by atoms with van der Waals surface area (Å²) in [6.45, 7) is 0.623. The molecule has 0 atom stereocenters. The number of rotatable bonds is 5. The van der Waals surface area contributed by atoms with Crippen molar-refractivity contribution in [3.8, 4) is 0 Å². The molecule has 3 rings (SSSR count). The predicted molar refractivity (Wildman–Crippen MR) is 69.6 cm³/mol. The molecule has 2 N–H and O–H groups in total. The van der Waals surface area contributed by atoms with E-state index in [-0.39, 0.29) is 12.6 Å². The summed E-state index contributed by atoms with van der Waals surface area (Å²) in [6, 6.07) is 6.82. The van der Waals surface area contributed by atoms with Crippen molar-refractivity contribution in [3.63, 3.8) is 0 Å². The minimum atomic E-state index is -0.523. The summed E-state index contributed by atoms with van der Waals surface area (Å²) < 4.78 is 15.6. The van der Waals surface area contributed by atoms with Gasteiger partial charge in [-0.3, -0.25) is 0 Å². The summed E-state index contributed by atoms with van der Waals surface area (Å²) in [5.74, 6) is 0.286. The van der Waals surface area contributed by atoms with E-state index >= 15 is 0 Å². The highest BCUT2D eigenvalue weighted by Crippen LogP contribution is 2.28. The van der Waals surface area contributed by atoms with Gasteiger partial charge in [-0.15, -0.1) is 0 Å². The van der Waals surface area contributed by atoms with Crippen LogP contribution >= 0.6 is 0 Å². The van der Waals surface area contributed by atoms with E-state index in [9.17, 15) is 4.79 Å². The molecule has 1 aliphatic carbocycles. The van der Waals surface area contributed by atoms with Crippen molar-refractivity contribution in [2.24, 2.45) is 5.92 Å². The van der Waals surface area contributed by atoms with Gasteiger partial charge in [0, 0.05) is 11.1 Å². The summed E-state index contributed by atoms with van der Waals surface area (Å²) in [5.41, 5.74) is 6.90. The third-order valence-corrected chi connectivity index (χ3v) is 3.07. The molecule has 0 aliphatic heterocycles. The Hall–Kier alpha value is -2.01. The summed E-state index contributed by atoms with van der Waals surface area (Å²) in [7, 11) is 0. The molecule has 1 aromatic heterocycles. The molecule has 5 nitrogen and oxygen atoms in total. The molecule has 19 heavy (non-hydrogen) atoms. The maximum atomic E-state index is 11.7. The Morgan fingerprint density at radius 2 is 2.21 bits per heavy atom. The quantitative estimate of drug-likeness (QED) is 0.387. The van der Waals surface area contributed by atoms with E-state index in [1.165, 1.54) is 12.8 Å². The second-order valence-electron chi connectivity index (χ2n) is 4.77. The lowest BCUT2D eigenvalue weighted by Crippen LogP contribution is -2.09. The van der Waals surface area contributed by atoms with Crippen LogP contribution in [0, 0.1) is 5.92 Å². The van der Waals surface area contributed by atoms with Crippen LogP contribution < -0.4 is 5.73 Å². The largest absolute Gasteiger partial charge is 0.449 e. The molecule has 0 amide bonds. The Balaban J connectivity index is 1.60. The smallest absolute Gasteiger partial charge is 0.376 e. The van der Waals surface area contributed by atoms with Gasteiger partial charge in [-0.25, -0.2) is 4.79 Å². The topological polar surface area (TPSA) is 74.7 Å². The van der Waals surface area contributed by atoms with E-state index in [2.05, 4.69) is 0 Å². The summed E-state index contributed by atoms with van der Waals surface area (Å²) >= 11 is 0. The van der Waals surface area contributed by atoms with E-state index in [1.54, 1.807) is 24.3 Å². The SMILES string of the molecule is Nc1ccc2oc(C(=O)OCOCC3CC3)cc2c1. The first-order valence-corrected chi connectivity index (χ1v) is 6.26. The molecule has 100 valence electrons. The number of hydrogen-bond donors (Lipinski definition) is 1. The number of furan rings is 1. The van der Waals surface area contributed by atoms with Crippen LogP contribution in [0.15, 0.2) is 28.7 Å². The van der Waals surface area contributed by atoms with Crippen LogP contribution in [-0.2, 0) is 9.47 Å². The van der Waals surface area contributed by atoms with Crippen LogP contribution in [0.3, 0.4) is 0 Å². The number of nitrogens with two attached hydrogens (primary N) is 1. The van der Waals surface area contributed by atoms with Crippen molar-refractivity contribution in [2.75, 3.05) is 19.1 Å². The van der Waals surface area contributed by atoms with Gasteiger partial charge in [-0.1, -0.05) is 0 Å². The van der Waals surface area contributed by atoms with Gasteiger partial charge >= 0.3 is 5.97 Å². The molecule has 2 aromatic rings. The van der Waals surface area contributed by atoms with Crippen molar-refractivity contribution in [3.05, 3.63) is 30.0 Å². The molecule has 1 aliphatic rings. The monoisotopic (exact) mass is 261 g/mol. The molecule has 0 saturated heterocycles. The van der Waals surface area contributed by atoms with Gasteiger partial charge in [0.25, 0.3) is 0 Å². The average Bonchev–Trinajstić information content (AvgIpc) is 3.12. The molecule has 1 saturated carbocycles. The number of anilines is 1. The fourth-order valence-corrected chi connectivity index (χ4v) is 1.83. The van der Waals surface area contributed by atoms with Crippen LogP contribution in [0.1, 0.15) is 23.4 Å². The Bertz CT molecular complexity index is 601. The van der Waals surface area contributed by atoms with Crippen molar-refractivity contribution < 1.29 is 18.7 Å². The highest BCUT2D eigenvalue weighted by Gasteiger charge is 2.21. The highest BCUT2D eigenvalue weighted by molar-refractivity contribution is 5.93. The Morgan fingerprint density at radius 1 is 1.37 bits per heavy atom. The van der Waals surface area contributed by atoms with E-state index in [1.807, 2.05) is 0 Å². The molecule has 1 aromatic carbocycles. The van der Waals surface area contributed by atoms with Gasteiger partial charge < -0.3 is 19.6 Å². The third-order valence-electron chi connectivity index (χ3n) is 3.07. The fourth-order valence-electron chi connectivity index (χ4n) is 1.83. The Kier molecular flexibility index (Phi) is 3.13. The molecule has 0 spiro atoms. The van der Waals surface area contributed by atoms with Gasteiger partial charge in [0.05, 0.1) is 6.61 Å². The van der Waals surface area contributed by atoms with Gasteiger partial charge in [-0.2, -0.15) is 0 Å². The van der Waals surface area contributed by atoms with Crippen molar-refractivity contribution in [1.29, 1.82) is 0 Å². The first-order valence-electron chi connectivity index (χ1n) is 6.26. The molecular weight excluding hydrogens is 246 g/mol. The van der Waals surface area contributed by atoms with Crippen molar-refractivity contribution in [1.82, 2.24) is 0 Å². The van der Waals surface area contributed by atoms with E-state index < -0.39 is 5.97 Å². The minimum absolute atomic E-state index is 0.0332. The molecule has 1 fully saturated rings. The maximum Gasteiger partial charge on any atom is 0.376 e. The number of hydrogen-bond acceptors (Lipinski definition) is 5. The fraction of sp³-hybridized carbons (Fsp3) is 0.357.